The standard InChI is InChI=1S/C41H50N6O14/c42-41(43)44-15-5-10-29(31(49)11-12-34(52)46-30(21-37(54)55)33(51)20-26(23-48)40(57)58)45-35(53)13-14-38(56)60-24-47(16-18-59-19-17-47)36-22-32(50)28-9-4-8-27(39(28)61-36)25-6-2-1-3-7-25/h1-4,6-9,22,26,29-30,48H,5,10-21,23-24H2,(H7-,42,43,44,45,46,52,53,54,55,57,58)/t26-,29-,30-/m0/s1. The number of guanidine groups is 1. The third-order valence-electron chi connectivity index (χ3n) is 10.0. The summed E-state index contributed by atoms with van der Waals surface area (Å²) in [5.41, 5.74) is 12.4. The molecule has 1 aliphatic rings. The molecule has 328 valence electrons. The number of benzene rings is 2. The zero-order valence-corrected chi connectivity index (χ0v) is 33.4. The molecule has 3 atom stereocenters. The van der Waals surface area contributed by atoms with Crippen molar-refractivity contribution in [2.24, 2.45) is 22.4 Å². The van der Waals surface area contributed by atoms with Crippen LogP contribution in [-0.2, 0) is 43.0 Å². The Hall–Kier alpha value is -6.51. The highest BCUT2D eigenvalue weighted by atomic mass is 16.6. The van der Waals surface area contributed by atoms with E-state index in [4.69, 9.17) is 25.4 Å². The maximum absolute atomic E-state index is 13.4. The highest BCUT2D eigenvalue weighted by Gasteiger charge is 2.38. The van der Waals surface area contributed by atoms with Gasteiger partial charge < -0.3 is 56.1 Å². The molecule has 0 unspecified atom stereocenters. The Bertz CT molecular complexity index is 2150. The number of rotatable bonds is 24. The van der Waals surface area contributed by atoms with Crippen molar-refractivity contribution in [3.63, 3.8) is 0 Å². The number of para-hydroxylation sites is 1. The van der Waals surface area contributed by atoms with Gasteiger partial charge in [-0.25, -0.2) is 4.48 Å². The summed E-state index contributed by atoms with van der Waals surface area (Å²) in [7, 11) is 0. The number of carboxylic acids is 2. The molecule has 1 saturated heterocycles. The quantitative estimate of drug-likeness (QED) is 0.0212. The van der Waals surface area contributed by atoms with Gasteiger partial charge in [-0.3, -0.25) is 38.6 Å². The van der Waals surface area contributed by atoms with E-state index in [1.807, 2.05) is 36.4 Å². The third kappa shape index (κ3) is 14.0. The van der Waals surface area contributed by atoms with Gasteiger partial charge >= 0.3 is 17.8 Å². The summed E-state index contributed by atoms with van der Waals surface area (Å²) in [6.07, 6.45) is -3.20. The second-order valence-electron chi connectivity index (χ2n) is 14.5. The normalized spacial score (nSPS) is 14.8. The SMILES string of the molecule is NC(N)=NCCC[C@H](NC(=O)CCC(=O)OC[N+]1(c2cc(=O)c3cccc(-c4ccccc4)c3o2)CCOCC1)C(=O)CCC(=O)N[C@@H](CC(=O)O)C(=O)C[C@@H](CO)C(=O)[O-]. The number of nitrogens with one attached hydrogen (secondary N) is 2. The largest absolute Gasteiger partial charge is 0.550 e. The summed E-state index contributed by atoms with van der Waals surface area (Å²) in [4.78, 5) is 104. The Morgan fingerprint density at radius 2 is 1.54 bits per heavy atom. The Balaban J connectivity index is 1.38. The highest BCUT2D eigenvalue weighted by molar-refractivity contribution is 5.96. The molecular weight excluding hydrogens is 800 g/mol. The monoisotopic (exact) mass is 850 g/mol. The lowest BCUT2D eigenvalue weighted by Gasteiger charge is -2.37. The van der Waals surface area contributed by atoms with Gasteiger partial charge in [0.25, 0.3) is 0 Å². The van der Waals surface area contributed by atoms with Gasteiger partial charge in [0.15, 0.2) is 28.5 Å². The molecule has 1 aromatic heterocycles. The number of ether oxygens (including phenoxy) is 2. The number of nitrogens with zero attached hydrogens (tertiary/aromatic N) is 2. The molecule has 8 N–H and O–H groups in total. The number of aliphatic carboxylic acids is 2. The summed E-state index contributed by atoms with van der Waals surface area (Å²) < 4.78 is 17.6. The van der Waals surface area contributed by atoms with Crippen molar-refractivity contribution < 1.29 is 62.8 Å². The smallest absolute Gasteiger partial charge is 0.310 e. The fraction of sp³-hybridized carbons (Fsp3) is 0.439. The van der Waals surface area contributed by atoms with E-state index in [9.17, 15) is 53.7 Å². The van der Waals surface area contributed by atoms with Gasteiger partial charge in [-0.1, -0.05) is 42.5 Å². The second-order valence-corrected chi connectivity index (χ2v) is 14.5. The number of ketones is 2. The average molecular weight is 851 g/mol. The lowest BCUT2D eigenvalue weighted by atomic mass is 9.97. The van der Waals surface area contributed by atoms with Crippen LogP contribution in [0.1, 0.15) is 51.4 Å². The molecule has 20 heteroatoms. The topological polar surface area (TPSA) is 320 Å². The van der Waals surface area contributed by atoms with Gasteiger partial charge in [0.2, 0.25) is 18.5 Å². The molecule has 0 bridgehead atoms. The number of Topliss-reactive ketones (excluding diaryl/α,β-unsaturated/α-hetero) is 2. The lowest BCUT2D eigenvalue weighted by molar-refractivity contribution is -0.312. The number of carbonyl (C=O) groups excluding carboxylic acids is 6. The Kier molecular flexibility index (Phi) is 17.6. The average Bonchev–Trinajstić information content (AvgIpc) is 3.24. The number of carboxylic acid groups (broad SMARTS) is 2. The van der Waals surface area contributed by atoms with Gasteiger partial charge in [0.05, 0.1) is 56.2 Å². The lowest BCUT2D eigenvalue weighted by Crippen LogP contribution is -2.58. The minimum absolute atomic E-state index is 0.0321. The van der Waals surface area contributed by atoms with Gasteiger partial charge in [-0.15, -0.1) is 0 Å². The molecule has 0 saturated carbocycles. The number of morpholine rings is 1. The third-order valence-corrected chi connectivity index (χ3v) is 10.0. The number of hydrogen-bond acceptors (Lipinski definition) is 14. The first kappa shape index (κ1) is 47.2. The molecule has 4 rings (SSSR count). The van der Waals surface area contributed by atoms with Gasteiger partial charge in [0.1, 0.15) is 13.1 Å². The first-order valence-electron chi connectivity index (χ1n) is 19.6. The van der Waals surface area contributed by atoms with E-state index in [0.717, 1.165) is 5.56 Å². The van der Waals surface area contributed by atoms with E-state index in [0.29, 0.717) is 42.8 Å². The summed E-state index contributed by atoms with van der Waals surface area (Å²) in [5.74, 6) is -8.68. The Morgan fingerprint density at radius 1 is 0.869 bits per heavy atom. The molecule has 1 fully saturated rings. The number of esters is 1. The van der Waals surface area contributed by atoms with Crippen LogP contribution in [0.3, 0.4) is 0 Å². The van der Waals surface area contributed by atoms with Crippen molar-refractivity contribution in [3.05, 3.63) is 64.8 Å². The number of aliphatic hydroxyl groups is 1. The number of carbonyl (C=O) groups is 7. The zero-order chi connectivity index (χ0) is 44.5. The molecule has 0 radical (unpaired) electrons. The van der Waals surface area contributed by atoms with E-state index >= 15 is 0 Å². The molecule has 20 nitrogen and oxygen atoms in total. The predicted molar refractivity (Wildman–Crippen MR) is 216 cm³/mol. The molecule has 0 spiro atoms. The summed E-state index contributed by atoms with van der Waals surface area (Å²) in [6, 6.07) is 13.3. The van der Waals surface area contributed by atoms with Crippen molar-refractivity contribution in [2.75, 3.05) is 46.2 Å². The highest BCUT2D eigenvalue weighted by Crippen LogP contribution is 2.33. The van der Waals surface area contributed by atoms with Crippen LogP contribution in [0.25, 0.3) is 22.1 Å². The van der Waals surface area contributed by atoms with Crippen molar-refractivity contribution in [1.29, 1.82) is 0 Å². The summed E-state index contributed by atoms with van der Waals surface area (Å²) in [5, 5.41) is 34.7. The van der Waals surface area contributed by atoms with E-state index < -0.39 is 91.6 Å². The first-order valence-corrected chi connectivity index (χ1v) is 19.6. The number of nitrogens with two attached hydrogens (primary N) is 2. The molecule has 61 heavy (non-hydrogen) atoms. The van der Waals surface area contributed by atoms with Crippen LogP contribution < -0.4 is 37.1 Å². The van der Waals surface area contributed by atoms with Crippen molar-refractivity contribution in [2.45, 2.75) is 63.5 Å². The molecule has 0 aliphatic carbocycles. The van der Waals surface area contributed by atoms with E-state index in [1.54, 1.807) is 12.1 Å². The number of aliphatic hydroxyl groups excluding tert-OH is 1. The predicted octanol–water partition coefficient (Wildman–Crippen LogP) is -0.757. The molecule has 2 heterocycles. The van der Waals surface area contributed by atoms with E-state index in [-0.39, 0.29) is 60.7 Å². The molecular formula is C41H50N6O14. The molecule has 1 aliphatic heterocycles. The van der Waals surface area contributed by atoms with Crippen molar-refractivity contribution in [3.8, 4) is 11.1 Å². The van der Waals surface area contributed by atoms with Crippen LogP contribution >= 0.6 is 0 Å². The zero-order valence-electron chi connectivity index (χ0n) is 33.4. The van der Waals surface area contributed by atoms with E-state index in [2.05, 4.69) is 15.6 Å². The van der Waals surface area contributed by atoms with Crippen LogP contribution in [0, 0.1) is 5.92 Å². The Labute approximate surface area is 349 Å². The van der Waals surface area contributed by atoms with Crippen LogP contribution in [0.5, 0.6) is 0 Å². The molecule has 2 aromatic carbocycles. The number of amides is 2. The number of aliphatic imine (C=N–C) groups is 1. The number of hydrogen-bond donors (Lipinski definition) is 6. The van der Waals surface area contributed by atoms with Crippen LogP contribution in [0.15, 0.2) is 68.8 Å². The fourth-order valence-corrected chi connectivity index (χ4v) is 6.62. The number of quaternary nitrogens is 1. The fourth-order valence-electron chi connectivity index (χ4n) is 6.62. The van der Waals surface area contributed by atoms with Gasteiger partial charge in [-0.05, 0) is 24.5 Å². The summed E-state index contributed by atoms with van der Waals surface area (Å²) in [6.45, 7) is 0.147. The second kappa shape index (κ2) is 22.7. The van der Waals surface area contributed by atoms with Crippen molar-refractivity contribution >= 4 is 64.1 Å². The van der Waals surface area contributed by atoms with Crippen molar-refractivity contribution in [1.82, 2.24) is 15.1 Å². The van der Waals surface area contributed by atoms with Crippen LogP contribution in [0.2, 0.25) is 0 Å². The number of fused-ring (bicyclic) bond motifs is 1. The van der Waals surface area contributed by atoms with Crippen LogP contribution in [-0.4, -0.2) is 116 Å². The maximum atomic E-state index is 13.4. The Morgan fingerprint density at radius 3 is 2.18 bits per heavy atom. The maximum Gasteiger partial charge on any atom is 0.310 e. The summed E-state index contributed by atoms with van der Waals surface area (Å²) >= 11 is 0. The minimum atomic E-state index is -1.74. The van der Waals surface area contributed by atoms with Gasteiger partial charge in [0, 0.05) is 49.7 Å². The van der Waals surface area contributed by atoms with Gasteiger partial charge in [-0.2, -0.15) is 0 Å². The van der Waals surface area contributed by atoms with Crippen LogP contribution in [0.4, 0.5) is 5.88 Å². The minimum Gasteiger partial charge on any atom is -0.550 e. The molecule has 2 amide bonds. The molecule has 3 aromatic rings. The van der Waals surface area contributed by atoms with E-state index in [1.165, 1.54) is 6.07 Å². The first-order chi connectivity index (χ1) is 29.1.